The van der Waals surface area contributed by atoms with Crippen molar-refractivity contribution >= 4 is 52.4 Å². The summed E-state index contributed by atoms with van der Waals surface area (Å²) in [5, 5.41) is 0.00184. The Kier molecular flexibility index (Phi) is 12.0. The first-order chi connectivity index (χ1) is 13.6. The summed E-state index contributed by atoms with van der Waals surface area (Å²) in [4.78, 5) is 42.2. The van der Waals surface area contributed by atoms with Crippen molar-refractivity contribution in [2.75, 3.05) is 0 Å². The summed E-state index contributed by atoms with van der Waals surface area (Å²) in [6, 6.07) is 1.77. The van der Waals surface area contributed by atoms with Gasteiger partial charge in [-0.25, -0.2) is 0 Å². The molecule has 30 heavy (non-hydrogen) atoms. The van der Waals surface area contributed by atoms with Crippen LogP contribution in [0.1, 0.15) is 25.7 Å². The number of rotatable bonds is 11. The molecule has 0 aromatic heterocycles. The van der Waals surface area contributed by atoms with Crippen LogP contribution in [0.4, 0.5) is 13.2 Å². The molecule has 0 aromatic rings. The maximum absolute atomic E-state index is 11.5. The molecule has 1 rings (SSSR count). The van der Waals surface area contributed by atoms with E-state index in [0.717, 1.165) is 24.7 Å². The highest BCUT2D eigenvalue weighted by Crippen LogP contribution is 2.23. The smallest absolute Gasteiger partial charge is 0.455 e. The fraction of sp³-hybridized carbons (Fsp3) is 0.733. The average molecular weight is 494 g/mol. The maximum atomic E-state index is 11.5. The molecule has 15 heteroatoms. The number of amides is 2. The second kappa shape index (κ2) is 12.6. The van der Waals surface area contributed by atoms with Gasteiger partial charge in [0.15, 0.2) is 16.6 Å². The van der Waals surface area contributed by atoms with Gasteiger partial charge in [-0.2, -0.15) is 8.39 Å². The lowest BCUT2D eigenvalue weighted by Crippen LogP contribution is -2.44. The first-order valence-electron chi connectivity index (χ1n) is 8.92. The molecule has 1 heterocycles. The Morgan fingerprint density at radius 2 is 1.37 bits per heavy atom. The topological polar surface area (TPSA) is 116 Å². The quantitative estimate of drug-likeness (QED) is 0.245. The number of carbonyl (C=O) groups excluding carboxylic acids is 4. The van der Waals surface area contributed by atoms with E-state index >= 15 is 0 Å². The minimum absolute atomic E-state index is 0.00184. The van der Waals surface area contributed by atoms with Gasteiger partial charge in [0, 0.05) is 25.7 Å². The van der Waals surface area contributed by atoms with Crippen LogP contribution in [-0.4, -0.2) is 56.7 Å². The zero-order chi connectivity index (χ0) is 23.6. The minimum atomic E-state index is -5.17. The third kappa shape index (κ3) is 13.1. The molecule has 2 amide bonds. The summed E-state index contributed by atoms with van der Waals surface area (Å²) in [5.74, 6) is -1.72. The number of halogens is 3. The number of carbonyl (C=O) groups is 4. The van der Waals surface area contributed by atoms with Crippen LogP contribution in [0.15, 0.2) is 0 Å². The van der Waals surface area contributed by atoms with Crippen molar-refractivity contribution in [1.29, 1.82) is 0 Å². The Morgan fingerprint density at radius 1 is 0.967 bits per heavy atom. The normalized spacial score (nSPS) is 16.2. The summed E-state index contributed by atoms with van der Waals surface area (Å²) >= 11 is -3.26. The lowest BCUT2D eigenvalue weighted by molar-refractivity contribution is -0.275. The van der Waals surface area contributed by atoms with Gasteiger partial charge in [-0.15, -0.1) is 22.5 Å². The zero-order valence-electron chi connectivity index (χ0n) is 17.2. The summed E-state index contributed by atoms with van der Waals surface area (Å²) in [5.41, 5.74) is 0. The number of aldehydes is 2. The van der Waals surface area contributed by atoms with Crippen LogP contribution >= 0.6 is 0 Å². The van der Waals surface area contributed by atoms with E-state index in [4.69, 9.17) is 4.12 Å². The summed E-state index contributed by atoms with van der Waals surface area (Å²) < 4.78 is 57.9. The van der Waals surface area contributed by atoms with Crippen LogP contribution in [0.3, 0.4) is 0 Å². The molecule has 174 valence electrons. The van der Waals surface area contributed by atoms with Crippen LogP contribution in [-0.2, 0) is 43.1 Å². The molecule has 1 atom stereocenters. The van der Waals surface area contributed by atoms with E-state index in [-0.39, 0.29) is 17.9 Å². The Morgan fingerprint density at radius 3 is 1.70 bits per heavy atom. The first kappa shape index (κ1) is 28.7. The van der Waals surface area contributed by atoms with E-state index in [2.05, 4.69) is 34.7 Å². The van der Waals surface area contributed by atoms with Gasteiger partial charge in [-0.1, -0.05) is 0 Å². The molecule has 1 saturated heterocycles. The van der Waals surface area contributed by atoms with E-state index in [1.165, 1.54) is 0 Å². The molecule has 0 radical (unpaired) electrons. The largest absolute Gasteiger partial charge is 0.537 e. The number of hydrogen-bond acceptors (Lipinski definition) is 8. The van der Waals surface area contributed by atoms with Gasteiger partial charge in [-0.3, -0.25) is 9.59 Å². The Balaban J connectivity index is 0.000000561. The van der Waals surface area contributed by atoms with Crippen molar-refractivity contribution in [3.63, 3.8) is 0 Å². The van der Waals surface area contributed by atoms with Crippen molar-refractivity contribution in [3.8, 4) is 0 Å². The number of imide groups is 1. The molecule has 0 saturated carbocycles. The highest BCUT2D eigenvalue weighted by Gasteiger charge is 2.38. The molecule has 1 aliphatic heterocycles. The SMILES string of the molecule is C[Si](C)(CCC=O)O[Si](C)(C)CCC=O.O=C1CCC(=O)N1OS(=O)OC(F)(F)F. The first-order valence-corrected chi connectivity index (χ1v) is 16.2. The minimum Gasteiger partial charge on any atom is -0.455 e. The fourth-order valence-electron chi connectivity index (χ4n) is 2.46. The molecular weight excluding hydrogens is 467 g/mol. The number of nitrogens with zero attached hydrogens (tertiary/aromatic N) is 1. The van der Waals surface area contributed by atoms with Crippen molar-refractivity contribution in [1.82, 2.24) is 5.06 Å². The zero-order valence-corrected chi connectivity index (χ0v) is 20.0. The molecule has 0 aliphatic carbocycles. The summed E-state index contributed by atoms with van der Waals surface area (Å²) in [6.45, 7) is 8.58. The number of alkyl halides is 3. The van der Waals surface area contributed by atoms with E-state index in [9.17, 15) is 36.6 Å². The number of hydrogen-bond donors (Lipinski definition) is 0. The lowest BCUT2D eigenvalue weighted by Gasteiger charge is -2.33. The van der Waals surface area contributed by atoms with Crippen LogP contribution in [0.2, 0.25) is 38.3 Å². The van der Waals surface area contributed by atoms with Gasteiger partial charge in [0.2, 0.25) is 0 Å². The Hall–Kier alpha value is -1.27. The molecule has 1 unspecified atom stereocenters. The van der Waals surface area contributed by atoms with Crippen LogP contribution in [0, 0.1) is 0 Å². The highest BCUT2D eigenvalue weighted by molar-refractivity contribution is 7.75. The van der Waals surface area contributed by atoms with E-state index < -0.39 is 46.2 Å². The molecule has 0 bridgehead atoms. The van der Waals surface area contributed by atoms with Crippen molar-refractivity contribution < 1.29 is 49.1 Å². The van der Waals surface area contributed by atoms with Gasteiger partial charge in [0.25, 0.3) is 11.8 Å². The molecule has 0 aromatic carbocycles. The lowest BCUT2D eigenvalue weighted by atomic mass is 10.4. The predicted octanol–water partition coefficient (Wildman–Crippen LogP) is 2.77. The standard InChI is InChI=1S/C10H22O3Si2.C5H4F3NO5S/c1-14(2,9-5-7-11)13-15(3,4)10-6-8-12;6-5(7,8)13-15(12)14-9-3(10)1-2-4(9)11/h7-8H,5-6,9-10H2,1-4H3;1-2H2. The van der Waals surface area contributed by atoms with Gasteiger partial charge in [0.05, 0.1) is 0 Å². The third-order valence-electron chi connectivity index (χ3n) is 3.58. The molecule has 0 spiro atoms. The Bertz CT molecular complexity index is 608. The van der Waals surface area contributed by atoms with E-state index in [1.807, 2.05) is 0 Å². The Labute approximate surface area is 177 Å². The second-order valence-corrected chi connectivity index (χ2v) is 17.0. The summed E-state index contributed by atoms with van der Waals surface area (Å²) in [6.07, 6.45) is -2.45. The summed E-state index contributed by atoms with van der Waals surface area (Å²) in [7, 11) is -3.39. The molecular formula is C15H26F3NO8SSi2. The highest BCUT2D eigenvalue weighted by atomic mass is 32.2. The average Bonchev–Trinajstić information content (AvgIpc) is 2.88. The molecule has 9 nitrogen and oxygen atoms in total. The van der Waals surface area contributed by atoms with Gasteiger partial charge in [-0.05, 0) is 38.3 Å². The van der Waals surface area contributed by atoms with Gasteiger partial charge < -0.3 is 13.7 Å². The molecule has 1 aliphatic rings. The second-order valence-electron chi connectivity index (χ2n) is 7.42. The van der Waals surface area contributed by atoms with Gasteiger partial charge in [0.1, 0.15) is 12.6 Å². The van der Waals surface area contributed by atoms with E-state index in [1.54, 1.807) is 0 Å². The maximum Gasteiger partial charge on any atom is 0.537 e. The number of hydroxylamine groups is 2. The molecule has 0 N–H and O–H groups in total. The van der Waals surface area contributed by atoms with E-state index in [0.29, 0.717) is 12.8 Å². The van der Waals surface area contributed by atoms with Gasteiger partial charge >= 0.3 is 17.7 Å². The van der Waals surface area contributed by atoms with Crippen LogP contribution in [0.25, 0.3) is 0 Å². The van der Waals surface area contributed by atoms with Crippen LogP contribution < -0.4 is 0 Å². The van der Waals surface area contributed by atoms with Crippen molar-refractivity contribution in [2.45, 2.75) is 70.3 Å². The van der Waals surface area contributed by atoms with Crippen molar-refractivity contribution in [2.24, 2.45) is 0 Å². The third-order valence-corrected chi connectivity index (χ3v) is 11.6. The molecule has 1 fully saturated rings. The predicted molar refractivity (Wildman–Crippen MR) is 104 cm³/mol. The fourth-order valence-corrected chi connectivity index (χ4v) is 11.4. The van der Waals surface area contributed by atoms with Crippen LogP contribution in [0.5, 0.6) is 0 Å². The van der Waals surface area contributed by atoms with Crippen molar-refractivity contribution in [3.05, 3.63) is 0 Å². The monoisotopic (exact) mass is 493 g/mol.